The molecule has 6 heteroatoms. The van der Waals surface area contributed by atoms with Gasteiger partial charge in [0.25, 0.3) is 0 Å². The van der Waals surface area contributed by atoms with Crippen molar-refractivity contribution in [2.45, 2.75) is 6.92 Å². The Morgan fingerprint density at radius 1 is 0.733 bits per heavy atom. The Hall–Kier alpha value is -3.38. The van der Waals surface area contributed by atoms with Crippen molar-refractivity contribution < 1.29 is 28.5 Å². The number of esters is 1. The lowest BCUT2D eigenvalue weighted by molar-refractivity contribution is 0.0450. The molecule has 30 heavy (non-hydrogen) atoms. The van der Waals surface area contributed by atoms with E-state index in [0.717, 1.165) is 16.5 Å². The Labute approximate surface area is 175 Å². The third-order valence-electron chi connectivity index (χ3n) is 4.43. The van der Waals surface area contributed by atoms with E-state index < -0.39 is 5.97 Å². The van der Waals surface area contributed by atoms with Gasteiger partial charge in [-0.15, -0.1) is 0 Å². The number of Topliss-reactive ketones (excluding diaryl/α,β-unsaturated/α-hetero) is 1. The van der Waals surface area contributed by atoms with Crippen molar-refractivity contribution in [1.82, 2.24) is 0 Å². The van der Waals surface area contributed by atoms with E-state index in [0.29, 0.717) is 30.1 Å². The molecule has 0 bridgehead atoms. The highest BCUT2D eigenvalue weighted by Crippen LogP contribution is 2.25. The second-order valence-electron chi connectivity index (χ2n) is 6.63. The van der Waals surface area contributed by atoms with Gasteiger partial charge in [0.2, 0.25) is 0 Å². The zero-order chi connectivity index (χ0) is 21.3. The molecule has 0 amide bonds. The lowest BCUT2D eigenvalue weighted by Crippen LogP contribution is -2.12. The summed E-state index contributed by atoms with van der Waals surface area (Å²) in [4.78, 5) is 23.5. The van der Waals surface area contributed by atoms with Crippen molar-refractivity contribution in [3.63, 3.8) is 0 Å². The average Bonchev–Trinajstić information content (AvgIpc) is 2.76. The quantitative estimate of drug-likeness (QED) is 0.283. The van der Waals surface area contributed by atoms with E-state index in [-0.39, 0.29) is 19.0 Å². The lowest BCUT2D eigenvalue weighted by Gasteiger charge is -2.10. The van der Waals surface area contributed by atoms with Crippen LogP contribution in [0.4, 0.5) is 0 Å². The van der Waals surface area contributed by atoms with Crippen LogP contribution in [0.25, 0.3) is 10.8 Å². The van der Waals surface area contributed by atoms with E-state index in [9.17, 15) is 9.59 Å². The van der Waals surface area contributed by atoms with E-state index in [1.807, 2.05) is 36.4 Å². The molecule has 0 atom stereocenters. The zero-order valence-electron chi connectivity index (χ0n) is 17.1. The Morgan fingerprint density at radius 3 is 1.93 bits per heavy atom. The molecule has 0 saturated carbocycles. The fourth-order valence-corrected chi connectivity index (χ4v) is 2.87. The number of fused-ring (bicyclic) bond motifs is 1. The number of carbonyl (C=O) groups excluding carboxylic acids is 2. The predicted molar refractivity (Wildman–Crippen MR) is 114 cm³/mol. The molecule has 0 aliphatic heterocycles. The van der Waals surface area contributed by atoms with Crippen molar-refractivity contribution in [2.75, 3.05) is 33.5 Å². The highest BCUT2D eigenvalue weighted by atomic mass is 16.6. The van der Waals surface area contributed by atoms with Crippen molar-refractivity contribution in [3.05, 3.63) is 71.8 Å². The van der Waals surface area contributed by atoms with Crippen LogP contribution in [-0.2, 0) is 9.47 Å². The van der Waals surface area contributed by atoms with Gasteiger partial charge < -0.3 is 18.9 Å². The molecule has 0 aliphatic carbocycles. The molecule has 0 heterocycles. The fraction of sp³-hybridized carbons (Fsp3) is 0.250. The van der Waals surface area contributed by atoms with Crippen molar-refractivity contribution in [2.24, 2.45) is 0 Å². The number of methoxy groups -OCH3 is 1. The minimum atomic E-state index is -0.485. The minimum Gasteiger partial charge on any atom is -0.491 e. The minimum absolute atomic E-state index is 0.0991. The summed E-state index contributed by atoms with van der Waals surface area (Å²) in [7, 11) is 1.64. The fourth-order valence-electron chi connectivity index (χ4n) is 2.87. The van der Waals surface area contributed by atoms with Crippen molar-refractivity contribution in [3.8, 4) is 11.5 Å². The normalized spacial score (nSPS) is 10.6. The van der Waals surface area contributed by atoms with E-state index in [4.69, 9.17) is 18.9 Å². The molecule has 3 rings (SSSR count). The van der Waals surface area contributed by atoms with Crippen LogP contribution in [0.3, 0.4) is 0 Å². The first kappa shape index (κ1) is 21.3. The van der Waals surface area contributed by atoms with E-state index in [2.05, 4.69) is 0 Å². The average molecular weight is 408 g/mol. The molecule has 3 aromatic rings. The molecule has 0 radical (unpaired) electrons. The van der Waals surface area contributed by atoms with Crippen molar-refractivity contribution >= 4 is 22.5 Å². The van der Waals surface area contributed by atoms with Gasteiger partial charge in [-0.1, -0.05) is 24.3 Å². The number of hydrogen-bond donors (Lipinski definition) is 0. The first-order chi connectivity index (χ1) is 14.6. The van der Waals surface area contributed by atoms with Crippen LogP contribution in [-0.4, -0.2) is 45.3 Å². The van der Waals surface area contributed by atoms with Crippen LogP contribution in [0.2, 0.25) is 0 Å². The highest BCUT2D eigenvalue weighted by molar-refractivity contribution is 5.97. The summed E-state index contributed by atoms with van der Waals surface area (Å²) in [6, 6.07) is 18.0. The number of benzene rings is 3. The maximum atomic E-state index is 12.1. The zero-order valence-corrected chi connectivity index (χ0v) is 17.1. The largest absolute Gasteiger partial charge is 0.491 e. The molecule has 0 N–H and O–H groups in total. The number of ether oxygens (including phenoxy) is 4. The molecule has 6 nitrogen and oxygen atoms in total. The summed E-state index contributed by atoms with van der Waals surface area (Å²) in [6.45, 7) is 2.82. The predicted octanol–water partition coefficient (Wildman–Crippen LogP) is 4.30. The molecule has 0 spiro atoms. The standard InChI is InChI=1S/C24H24O6/c1-17(25)18-4-3-5-21(14-18)24(26)30-13-12-29-23-9-7-19-15-22(28-11-10-27-2)8-6-20(19)16-23/h3-9,14-16H,10-13H2,1-2H3. The monoisotopic (exact) mass is 408 g/mol. The van der Waals surface area contributed by atoms with Gasteiger partial charge in [0.05, 0.1) is 12.2 Å². The molecule has 3 aromatic carbocycles. The molecule has 0 fully saturated rings. The van der Waals surface area contributed by atoms with Crippen LogP contribution < -0.4 is 9.47 Å². The van der Waals surface area contributed by atoms with E-state index >= 15 is 0 Å². The van der Waals surface area contributed by atoms with Crippen molar-refractivity contribution in [1.29, 1.82) is 0 Å². The van der Waals surface area contributed by atoms with Gasteiger partial charge in [-0.05, 0) is 54.1 Å². The second-order valence-corrected chi connectivity index (χ2v) is 6.63. The molecular weight excluding hydrogens is 384 g/mol. The van der Waals surface area contributed by atoms with E-state index in [1.165, 1.54) is 13.0 Å². The van der Waals surface area contributed by atoms with Gasteiger partial charge in [0.1, 0.15) is 31.3 Å². The molecule has 0 aliphatic rings. The highest BCUT2D eigenvalue weighted by Gasteiger charge is 2.09. The second kappa shape index (κ2) is 10.4. The summed E-state index contributed by atoms with van der Waals surface area (Å²) in [5.74, 6) is 0.887. The molecular formula is C24H24O6. The van der Waals surface area contributed by atoms with E-state index in [1.54, 1.807) is 25.3 Å². The van der Waals surface area contributed by atoms with Gasteiger partial charge >= 0.3 is 5.97 Å². The summed E-state index contributed by atoms with van der Waals surface area (Å²) < 4.78 is 21.5. The van der Waals surface area contributed by atoms with Crippen LogP contribution in [0, 0.1) is 0 Å². The Balaban J connectivity index is 1.50. The van der Waals surface area contributed by atoms with Crippen LogP contribution in [0.5, 0.6) is 11.5 Å². The first-order valence-corrected chi connectivity index (χ1v) is 9.63. The van der Waals surface area contributed by atoms with Crippen LogP contribution >= 0.6 is 0 Å². The maximum Gasteiger partial charge on any atom is 0.338 e. The van der Waals surface area contributed by atoms with Gasteiger partial charge in [-0.3, -0.25) is 4.79 Å². The summed E-state index contributed by atoms with van der Waals surface area (Å²) in [5, 5.41) is 2.05. The molecule has 0 saturated heterocycles. The molecule has 156 valence electrons. The number of rotatable bonds is 10. The van der Waals surface area contributed by atoms with Crippen LogP contribution in [0.15, 0.2) is 60.7 Å². The molecule has 0 aromatic heterocycles. The number of ketones is 1. The first-order valence-electron chi connectivity index (χ1n) is 9.63. The Bertz CT molecular complexity index is 1030. The summed E-state index contributed by atoms with van der Waals surface area (Å²) in [5.41, 5.74) is 0.820. The number of hydrogen-bond acceptors (Lipinski definition) is 6. The lowest BCUT2D eigenvalue weighted by atomic mass is 10.1. The van der Waals surface area contributed by atoms with Gasteiger partial charge in [-0.25, -0.2) is 4.79 Å². The SMILES string of the molecule is COCCOc1ccc2cc(OCCOC(=O)c3cccc(C(C)=O)c3)ccc2c1. The third kappa shape index (κ3) is 5.81. The Morgan fingerprint density at radius 2 is 1.33 bits per heavy atom. The molecule has 0 unspecified atom stereocenters. The smallest absolute Gasteiger partial charge is 0.338 e. The van der Waals surface area contributed by atoms with Gasteiger partial charge in [0, 0.05) is 12.7 Å². The Kier molecular flexibility index (Phi) is 7.40. The maximum absolute atomic E-state index is 12.1. The van der Waals surface area contributed by atoms with Gasteiger partial charge in [-0.2, -0.15) is 0 Å². The topological polar surface area (TPSA) is 71.1 Å². The summed E-state index contributed by atoms with van der Waals surface area (Å²) in [6.07, 6.45) is 0. The third-order valence-corrected chi connectivity index (χ3v) is 4.43. The number of carbonyl (C=O) groups is 2. The summed E-state index contributed by atoms with van der Waals surface area (Å²) >= 11 is 0. The van der Waals surface area contributed by atoms with Gasteiger partial charge in [0.15, 0.2) is 5.78 Å². The van der Waals surface area contributed by atoms with Crippen LogP contribution in [0.1, 0.15) is 27.6 Å².